The molecule has 0 unspecified atom stereocenters. The first kappa shape index (κ1) is 18.2. The van der Waals surface area contributed by atoms with E-state index in [4.69, 9.17) is 4.74 Å². The number of rotatable bonds is 4. The zero-order chi connectivity index (χ0) is 17.8. The number of benzene rings is 1. The molecule has 0 radical (unpaired) electrons. The van der Waals surface area contributed by atoms with Crippen LogP contribution < -0.4 is 10.2 Å². The Balaban J connectivity index is 1.59. The summed E-state index contributed by atoms with van der Waals surface area (Å²) < 4.78 is 20.3. The standard InChI is InChI=1S/C20H29FN2O2/c1-14-12-23(13-15(2)25-14)19-9-8-16(10-18(19)21)11-22-20(24)17-6-4-3-5-7-17/h8-10,14-15,17H,3-7,11-13H2,1-2H3,(H,22,24)/t14-,15-/m0/s1. The number of nitrogens with one attached hydrogen (secondary N) is 1. The molecule has 1 heterocycles. The maximum Gasteiger partial charge on any atom is 0.223 e. The van der Waals surface area contributed by atoms with E-state index in [-0.39, 0.29) is 29.9 Å². The van der Waals surface area contributed by atoms with E-state index >= 15 is 0 Å². The third-order valence-corrected chi connectivity index (χ3v) is 5.22. The van der Waals surface area contributed by atoms with Gasteiger partial charge in [0.2, 0.25) is 5.91 Å². The summed E-state index contributed by atoms with van der Waals surface area (Å²) in [5.74, 6) is 0.0138. The lowest BCUT2D eigenvalue weighted by atomic mass is 9.88. The number of halogens is 1. The van der Waals surface area contributed by atoms with Crippen LogP contribution in [0.1, 0.15) is 51.5 Å². The fourth-order valence-corrected chi connectivity index (χ4v) is 3.99. The van der Waals surface area contributed by atoms with Crippen molar-refractivity contribution in [3.05, 3.63) is 29.6 Å². The van der Waals surface area contributed by atoms with Gasteiger partial charge in [-0.25, -0.2) is 4.39 Å². The van der Waals surface area contributed by atoms with Gasteiger partial charge in [0.05, 0.1) is 17.9 Å². The van der Waals surface area contributed by atoms with Gasteiger partial charge in [-0.05, 0) is 44.4 Å². The van der Waals surface area contributed by atoms with E-state index in [1.807, 2.05) is 30.9 Å². The van der Waals surface area contributed by atoms with Gasteiger partial charge in [0.15, 0.2) is 0 Å². The lowest BCUT2D eigenvalue weighted by molar-refractivity contribution is -0.126. The summed E-state index contributed by atoms with van der Waals surface area (Å²) in [6.07, 6.45) is 5.65. The van der Waals surface area contributed by atoms with Crippen molar-refractivity contribution in [2.24, 2.45) is 5.92 Å². The number of morpholine rings is 1. The fourth-order valence-electron chi connectivity index (χ4n) is 3.99. The molecular formula is C20H29FN2O2. The number of nitrogens with zero attached hydrogens (tertiary/aromatic N) is 1. The maximum absolute atomic E-state index is 14.6. The molecule has 25 heavy (non-hydrogen) atoms. The van der Waals surface area contributed by atoms with Gasteiger partial charge in [-0.1, -0.05) is 25.3 Å². The lowest BCUT2D eigenvalue weighted by Gasteiger charge is -2.37. The largest absolute Gasteiger partial charge is 0.372 e. The van der Waals surface area contributed by atoms with Gasteiger partial charge in [0, 0.05) is 25.6 Å². The third kappa shape index (κ3) is 4.72. The molecule has 3 rings (SSSR count). The van der Waals surface area contributed by atoms with Gasteiger partial charge >= 0.3 is 0 Å². The van der Waals surface area contributed by atoms with Gasteiger partial charge in [-0.3, -0.25) is 4.79 Å². The minimum Gasteiger partial charge on any atom is -0.372 e. The molecule has 5 heteroatoms. The highest BCUT2D eigenvalue weighted by atomic mass is 19.1. The Morgan fingerprint density at radius 1 is 1.20 bits per heavy atom. The van der Waals surface area contributed by atoms with Crippen LogP contribution in [0.2, 0.25) is 0 Å². The van der Waals surface area contributed by atoms with Crippen LogP contribution in [0, 0.1) is 11.7 Å². The van der Waals surface area contributed by atoms with E-state index in [1.54, 1.807) is 6.07 Å². The van der Waals surface area contributed by atoms with Crippen molar-refractivity contribution in [1.29, 1.82) is 0 Å². The van der Waals surface area contributed by atoms with Gasteiger partial charge in [-0.2, -0.15) is 0 Å². The summed E-state index contributed by atoms with van der Waals surface area (Å²) >= 11 is 0. The first-order chi connectivity index (χ1) is 12.0. The summed E-state index contributed by atoms with van der Waals surface area (Å²) in [7, 11) is 0. The van der Waals surface area contributed by atoms with Crippen LogP contribution in [0.3, 0.4) is 0 Å². The minimum absolute atomic E-state index is 0.0950. The van der Waals surface area contributed by atoms with Crippen molar-refractivity contribution in [3.63, 3.8) is 0 Å². The van der Waals surface area contributed by atoms with E-state index in [1.165, 1.54) is 6.42 Å². The SMILES string of the molecule is C[C@H]1CN(c2ccc(CNC(=O)C3CCCCC3)cc2F)C[C@H](C)O1. The highest BCUT2D eigenvalue weighted by Crippen LogP contribution is 2.25. The molecule has 1 aromatic carbocycles. The number of hydrogen-bond acceptors (Lipinski definition) is 3. The molecule has 2 aliphatic rings. The van der Waals surface area contributed by atoms with E-state index in [9.17, 15) is 9.18 Å². The summed E-state index contributed by atoms with van der Waals surface area (Å²) in [6, 6.07) is 5.27. The Kier molecular flexibility index (Phi) is 5.94. The van der Waals surface area contributed by atoms with E-state index in [2.05, 4.69) is 5.32 Å². The molecule has 1 N–H and O–H groups in total. The van der Waals surface area contributed by atoms with Crippen LogP contribution in [0.25, 0.3) is 0 Å². The number of anilines is 1. The molecule has 1 amide bonds. The fraction of sp³-hybridized carbons (Fsp3) is 0.650. The van der Waals surface area contributed by atoms with Crippen molar-refractivity contribution in [3.8, 4) is 0 Å². The summed E-state index contributed by atoms with van der Waals surface area (Å²) in [6.45, 7) is 5.80. The predicted octanol–water partition coefficient (Wildman–Crippen LogP) is 3.64. The van der Waals surface area contributed by atoms with Gasteiger partial charge < -0.3 is 15.0 Å². The van der Waals surface area contributed by atoms with E-state index < -0.39 is 0 Å². The van der Waals surface area contributed by atoms with Crippen LogP contribution in [0.4, 0.5) is 10.1 Å². The smallest absolute Gasteiger partial charge is 0.223 e. The molecule has 1 aromatic rings. The van der Waals surface area contributed by atoms with Gasteiger partial charge in [0.25, 0.3) is 0 Å². The van der Waals surface area contributed by atoms with Crippen molar-refractivity contribution in [2.45, 2.75) is 64.7 Å². The second-order valence-electron chi connectivity index (χ2n) is 7.50. The van der Waals surface area contributed by atoms with Crippen LogP contribution in [-0.4, -0.2) is 31.2 Å². The van der Waals surface area contributed by atoms with E-state index in [0.29, 0.717) is 25.3 Å². The molecule has 1 saturated heterocycles. The predicted molar refractivity (Wildman–Crippen MR) is 97.0 cm³/mol. The summed E-state index contributed by atoms with van der Waals surface area (Å²) in [5.41, 5.74) is 1.42. The number of carbonyl (C=O) groups excluding carboxylic acids is 1. The number of carbonyl (C=O) groups is 1. The second kappa shape index (κ2) is 8.17. The molecule has 1 saturated carbocycles. The molecule has 2 fully saturated rings. The molecule has 2 atom stereocenters. The normalized spacial score (nSPS) is 25.0. The van der Waals surface area contributed by atoms with Crippen LogP contribution in [0.5, 0.6) is 0 Å². The van der Waals surface area contributed by atoms with Crippen molar-refractivity contribution >= 4 is 11.6 Å². The minimum atomic E-state index is -0.231. The molecule has 1 aliphatic carbocycles. The molecule has 138 valence electrons. The topological polar surface area (TPSA) is 41.6 Å². The number of ether oxygens (including phenoxy) is 1. The molecule has 0 bridgehead atoms. The molecule has 0 spiro atoms. The Labute approximate surface area is 149 Å². The number of hydrogen-bond donors (Lipinski definition) is 1. The Bertz CT molecular complexity index is 591. The second-order valence-corrected chi connectivity index (χ2v) is 7.50. The lowest BCUT2D eigenvalue weighted by Crippen LogP contribution is -2.45. The van der Waals surface area contributed by atoms with E-state index in [0.717, 1.165) is 31.2 Å². The van der Waals surface area contributed by atoms with Crippen molar-refractivity contribution < 1.29 is 13.9 Å². The highest BCUT2D eigenvalue weighted by molar-refractivity contribution is 5.78. The average Bonchev–Trinajstić information content (AvgIpc) is 2.59. The Hall–Kier alpha value is -1.62. The van der Waals surface area contributed by atoms with Crippen LogP contribution in [0.15, 0.2) is 18.2 Å². The first-order valence-corrected chi connectivity index (χ1v) is 9.49. The highest BCUT2D eigenvalue weighted by Gasteiger charge is 2.24. The monoisotopic (exact) mass is 348 g/mol. The molecular weight excluding hydrogens is 319 g/mol. The molecule has 1 aliphatic heterocycles. The zero-order valence-corrected chi connectivity index (χ0v) is 15.3. The quantitative estimate of drug-likeness (QED) is 0.903. The molecule has 0 aromatic heterocycles. The first-order valence-electron chi connectivity index (χ1n) is 9.49. The Morgan fingerprint density at radius 3 is 2.52 bits per heavy atom. The van der Waals surface area contributed by atoms with Crippen molar-refractivity contribution in [1.82, 2.24) is 5.32 Å². The van der Waals surface area contributed by atoms with Gasteiger partial charge in [0.1, 0.15) is 5.82 Å². The number of amides is 1. The molecule has 4 nitrogen and oxygen atoms in total. The third-order valence-electron chi connectivity index (χ3n) is 5.22. The van der Waals surface area contributed by atoms with Crippen LogP contribution >= 0.6 is 0 Å². The zero-order valence-electron chi connectivity index (χ0n) is 15.3. The van der Waals surface area contributed by atoms with Gasteiger partial charge in [-0.15, -0.1) is 0 Å². The van der Waals surface area contributed by atoms with Crippen molar-refractivity contribution in [2.75, 3.05) is 18.0 Å². The van der Waals surface area contributed by atoms with Crippen LogP contribution in [-0.2, 0) is 16.1 Å². The Morgan fingerprint density at radius 2 is 1.88 bits per heavy atom. The summed E-state index contributed by atoms with van der Waals surface area (Å²) in [5, 5.41) is 2.97. The maximum atomic E-state index is 14.6. The average molecular weight is 348 g/mol. The summed E-state index contributed by atoms with van der Waals surface area (Å²) in [4.78, 5) is 14.3.